The van der Waals surface area contributed by atoms with Crippen LogP contribution in [0.5, 0.6) is 0 Å². The maximum absolute atomic E-state index is 11.0. The van der Waals surface area contributed by atoms with Crippen LogP contribution in [-0.2, 0) is 14.3 Å². The summed E-state index contributed by atoms with van der Waals surface area (Å²) in [5, 5.41) is 2.16. The van der Waals surface area contributed by atoms with Crippen LogP contribution in [0.25, 0.3) is 0 Å². The Balaban J connectivity index is 1.68. The van der Waals surface area contributed by atoms with E-state index in [0.29, 0.717) is 6.61 Å². The minimum Gasteiger partial charge on any atom is -0.371 e. The van der Waals surface area contributed by atoms with Crippen molar-refractivity contribution in [1.29, 1.82) is 0 Å². The van der Waals surface area contributed by atoms with E-state index in [1.54, 1.807) is 0 Å². The standard InChI is InChI=1S/C7H10N2O4/c10-6-1-9(7(11)8-6)4-12-2-5-3-13-5/h5H,1-4H2,(H,8,10,11). The molecule has 0 bridgehead atoms. The number of ether oxygens (including phenoxy) is 2. The average Bonchev–Trinajstić information content (AvgIpc) is 2.81. The second kappa shape index (κ2) is 3.31. The average molecular weight is 186 g/mol. The smallest absolute Gasteiger partial charge is 0.326 e. The van der Waals surface area contributed by atoms with Crippen molar-refractivity contribution in [1.82, 2.24) is 10.2 Å². The van der Waals surface area contributed by atoms with Gasteiger partial charge in [0.15, 0.2) is 0 Å². The van der Waals surface area contributed by atoms with Gasteiger partial charge in [-0.1, -0.05) is 0 Å². The predicted molar refractivity (Wildman–Crippen MR) is 40.8 cm³/mol. The Labute approximate surface area is 74.8 Å². The number of amides is 3. The molecule has 13 heavy (non-hydrogen) atoms. The Hall–Kier alpha value is -1.14. The molecule has 0 aromatic heterocycles. The van der Waals surface area contributed by atoms with Gasteiger partial charge in [-0.15, -0.1) is 0 Å². The summed E-state index contributed by atoms with van der Waals surface area (Å²) >= 11 is 0. The van der Waals surface area contributed by atoms with Gasteiger partial charge in [0.05, 0.1) is 13.2 Å². The Bertz CT molecular complexity index is 239. The number of rotatable bonds is 4. The number of urea groups is 1. The highest BCUT2D eigenvalue weighted by Gasteiger charge is 2.28. The van der Waals surface area contributed by atoms with E-state index in [4.69, 9.17) is 9.47 Å². The van der Waals surface area contributed by atoms with Crippen molar-refractivity contribution < 1.29 is 19.1 Å². The molecule has 1 atom stereocenters. The van der Waals surface area contributed by atoms with Crippen molar-refractivity contribution in [2.75, 3.05) is 26.5 Å². The number of nitrogens with one attached hydrogen (secondary N) is 1. The number of epoxide rings is 1. The van der Waals surface area contributed by atoms with E-state index in [1.165, 1.54) is 4.90 Å². The Morgan fingerprint density at radius 3 is 2.92 bits per heavy atom. The minimum atomic E-state index is -0.387. The molecule has 6 heteroatoms. The first-order valence-corrected chi connectivity index (χ1v) is 4.04. The second-order valence-corrected chi connectivity index (χ2v) is 3.01. The van der Waals surface area contributed by atoms with Crippen molar-refractivity contribution in [2.45, 2.75) is 6.10 Å². The molecule has 2 heterocycles. The summed E-state index contributed by atoms with van der Waals surface area (Å²) in [4.78, 5) is 23.0. The number of imide groups is 1. The molecule has 0 aromatic carbocycles. The van der Waals surface area contributed by atoms with Crippen LogP contribution in [0.1, 0.15) is 0 Å². The second-order valence-electron chi connectivity index (χ2n) is 3.01. The van der Waals surface area contributed by atoms with Gasteiger partial charge < -0.3 is 9.47 Å². The van der Waals surface area contributed by atoms with E-state index in [2.05, 4.69) is 5.32 Å². The highest BCUT2D eigenvalue weighted by atomic mass is 16.6. The molecule has 2 fully saturated rings. The van der Waals surface area contributed by atoms with Crippen LogP contribution in [0.4, 0.5) is 4.79 Å². The molecule has 2 aliphatic heterocycles. The van der Waals surface area contributed by atoms with Crippen molar-refractivity contribution in [3.05, 3.63) is 0 Å². The van der Waals surface area contributed by atoms with Crippen molar-refractivity contribution in [3.63, 3.8) is 0 Å². The zero-order valence-electron chi connectivity index (χ0n) is 6.99. The molecule has 2 aliphatic rings. The number of nitrogens with zero attached hydrogens (tertiary/aromatic N) is 1. The fourth-order valence-corrected chi connectivity index (χ4v) is 1.05. The zero-order valence-corrected chi connectivity index (χ0v) is 6.99. The molecule has 1 unspecified atom stereocenters. The van der Waals surface area contributed by atoms with Crippen molar-refractivity contribution in [2.24, 2.45) is 0 Å². The summed E-state index contributed by atoms with van der Waals surface area (Å²) in [7, 11) is 0. The molecule has 3 amide bonds. The van der Waals surface area contributed by atoms with Gasteiger partial charge >= 0.3 is 6.03 Å². The number of carbonyl (C=O) groups is 2. The molecule has 0 saturated carbocycles. The van der Waals surface area contributed by atoms with E-state index in [1.807, 2.05) is 0 Å². The SMILES string of the molecule is O=C1CN(COCC2CO2)C(=O)N1. The molecule has 0 spiro atoms. The molecular weight excluding hydrogens is 176 g/mol. The van der Waals surface area contributed by atoms with Gasteiger partial charge in [-0.2, -0.15) is 0 Å². The third kappa shape index (κ3) is 2.16. The molecule has 0 aromatic rings. The van der Waals surface area contributed by atoms with Gasteiger partial charge in [-0.3, -0.25) is 15.0 Å². The lowest BCUT2D eigenvalue weighted by Crippen LogP contribution is -2.30. The van der Waals surface area contributed by atoms with E-state index in [-0.39, 0.29) is 31.3 Å². The Morgan fingerprint density at radius 2 is 2.38 bits per heavy atom. The first-order valence-electron chi connectivity index (χ1n) is 4.04. The van der Waals surface area contributed by atoms with Crippen LogP contribution in [0.15, 0.2) is 0 Å². The molecule has 0 radical (unpaired) electrons. The highest BCUT2D eigenvalue weighted by molar-refractivity contribution is 6.01. The third-order valence-electron chi connectivity index (χ3n) is 1.82. The molecule has 72 valence electrons. The third-order valence-corrected chi connectivity index (χ3v) is 1.82. The maximum atomic E-state index is 11.0. The number of carbonyl (C=O) groups excluding carboxylic acids is 2. The largest absolute Gasteiger partial charge is 0.371 e. The lowest BCUT2D eigenvalue weighted by molar-refractivity contribution is -0.118. The fourth-order valence-electron chi connectivity index (χ4n) is 1.05. The summed E-state index contributed by atoms with van der Waals surface area (Å²) in [6.45, 7) is 1.45. The predicted octanol–water partition coefficient (Wildman–Crippen LogP) is -1.09. The van der Waals surface area contributed by atoms with Gasteiger partial charge in [0.25, 0.3) is 0 Å². The van der Waals surface area contributed by atoms with Gasteiger partial charge in [0.2, 0.25) is 5.91 Å². The van der Waals surface area contributed by atoms with Crippen molar-refractivity contribution in [3.8, 4) is 0 Å². The zero-order chi connectivity index (χ0) is 9.26. The quantitative estimate of drug-likeness (QED) is 0.447. The van der Waals surface area contributed by atoms with Crippen molar-refractivity contribution >= 4 is 11.9 Å². The topological polar surface area (TPSA) is 71.2 Å². The lowest BCUT2D eigenvalue weighted by atomic mass is 10.5. The van der Waals surface area contributed by atoms with Crippen LogP contribution in [0.3, 0.4) is 0 Å². The monoisotopic (exact) mass is 186 g/mol. The number of hydrogen-bond acceptors (Lipinski definition) is 4. The summed E-state index contributed by atoms with van der Waals surface area (Å²) in [6.07, 6.45) is 0.182. The van der Waals surface area contributed by atoms with Crippen LogP contribution in [0, 0.1) is 0 Å². The fraction of sp³-hybridized carbons (Fsp3) is 0.714. The Kier molecular flexibility index (Phi) is 2.15. The van der Waals surface area contributed by atoms with Gasteiger partial charge in [-0.05, 0) is 0 Å². The van der Waals surface area contributed by atoms with Crippen LogP contribution in [-0.4, -0.2) is 49.4 Å². The van der Waals surface area contributed by atoms with Crippen LogP contribution < -0.4 is 5.32 Å². The summed E-state index contributed by atoms with van der Waals surface area (Å²) in [6, 6.07) is -0.387. The van der Waals surface area contributed by atoms with Gasteiger partial charge in [0.1, 0.15) is 19.4 Å². The molecular formula is C7H10N2O4. The molecule has 1 N–H and O–H groups in total. The molecule has 2 saturated heterocycles. The Morgan fingerprint density at radius 1 is 1.62 bits per heavy atom. The van der Waals surface area contributed by atoms with Gasteiger partial charge in [0, 0.05) is 0 Å². The molecule has 2 rings (SSSR count). The maximum Gasteiger partial charge on any atom is 0.326 e. The van der Waals surface area contributed by atoms with E-state index >= 15 is 0 Å². The van der Waals surface area contributed by atoms with E-state index in [0.717, 1.165) is 6.61 Å². The molecule has 0 aliphatic carbocycles. The van der Waals surface area contributed by atoms with E-state index < -0.39 is 0 Å². The number of hydrogen-bond donors (Lipinski definition) is 1. The lowest BCUT2D eigenvalue weighted by Gasteiger charge is -2.12. The first-order chi connectivity index (χ1) is 6.25. The van der Waals surface area contributed by atoms with E-state index in [9.17, 15) is 9.59 Å². The van der Waals surface area contributed by atoms with Crippen LogP contribution >= 0.6 is 0 Å². The van der Waals surface area contributed by atoms with Crippen LogP contribution in [0.2, 0.25) is 0 Å². The minimum absolute atomic E-state index is 0.0877. The summed E-state index contributed by atoms with van der Waals surface area (Å²) in [5.41, 5.74) is 0. The normalized spacial score (nSPS) is 26.5. The first kappa shape index (κ1) is 8.46. The summed E-state index contributed by atoms with van der Waals surface area (Å²) in [5.74, 6) is -0.281. The summed E-state index contributed by atoms with van der Waals surface area (Å²) < 4.78 is 10.1. The highest BCUT2D eigenvalue weighted by Crippen LogP contribution is 2.09. The molecule has 6 nitrogen and oxygen atoms in total. The van der Waals surface area contributed by atoms with Gasteiger partial charge in [-0.25, -0.2) is 4.79 Å².